The largest absolute Gasteiger partial charge is 0.366 e. The summed E-state index contributed by atoms with van der Waals surface area (Å²) in [7, 11) is -3.52. The van der Waals surface area contributed by atoms with Gasteiger partial charge in [0.25, 0.3) is 5.91 Å². The summed E-state index contributed by atoms with van der Waals surface area (Å²) in [5, 5.41) is 4.86. The Hall–Kier alpha value is -2.43. The lowest BCUT2D eigenvalue weighted by molar-refractivity contribution is -0.114. The third-order valence-electron chi connectivity index (χ3n) is 4.90. The van der Waals surface area contributed by atoms with Crippen LogP contribution >= 0.6 is 11.3 Å². The Labute approximate surface area is 174 Å². The molecule has 156 valence electrons. The fraction of sp³-hybridized carbons (Fsp3) is 0.368. The smallest absolute Gasteiger partial charge is 0.251 e. The highest BCUT2D eigenvalue weighted by Gasteiger charge is 2.27. The van der Waals surface area contributed by atoms with Crippen molar-refractivity contribution in [3.8, 4) is 0 Å². The minimum absolute atomic E-state index is 0.102. The molecule has 1 aliphatic heterocycles. The van der Waals surface area contributed by atoms with Crippen LogP contribution < -0.4 is 16.0 Å². The SMILES string of the molecule is CCN(CC)S(=O)(=O)c1ccc2c(c1)CCN2CC(=O)Nc1sccc1C(N)=O. The van der Waals surface area contributed by atoms with E-state index >= 15 is 0 Å². The number of nitrogens with two attached hydrogens (primary N) is 1. The highest BCUT2D eigenvalue weighted by Crippen LogP contribution is 2.31. The number of nitrogens with one attached hydrogen (secondary N) is 1. The zero-order valence-electron chi connectivity index (χ0n) is 16.3. The van der Waals surface area contributed by atoms with Crippen molar-refractivity contribution in [1.82, 2.24) is 4.31 Å². The van der Waals surface area contributed by atoms with Crippen molar-refractivity contribution >= 4 is 43.9 Å². The maximum Gasteiger partial charge on any atom is 0.251 e. The van der Waals surface area contributed by atoms with Gasteiger partial charge in [0.15, 0.2) is 0 Å². The minimum Gasteiger partial charge on any atom is -0.366 e. The van der Waals surface area contributed by atoms with Crippen molar-refractivity contribution in [2.45, 2.75) is 25.2 Å². The van der Waals surface area contributed by atoms with Gasteiger partial charge in [0.1, 0.15) is 5.00 Å². The van der Waals surface area contributed by atoms with Crippen LogP contribution in [0, 0.1) is 0 Å². The van der Waals surface area contributed by atoms with Gasteiger partial charge in [-0.2, -0.15) is 4.31 Å². The summed E-state index contributed by atoms with van der Waals surface area (Å²) >= 11 is 1.24. The lowest BCUT2D eigenvalue weighted by Gasteiger charge is -2.21. The predicted octanol–water partition coefficient (Wildman–Crippen LogP) is 1.88. The molecule has 3 rings (SSSR count). The van der Waals surface area contributed by atoms with E-state index in [2.05, 4.69) is 5.32 Å². The Bertz CT molecular complexity index is 1030. The highest BCUT2D eigenvalue weighted by atomic mass is 32.2. The average molecular weight is 437 g/mol. The first-order valence-corrected chi connectivity index (χ1v) is 11.6. The van der Waals surface area contributed by atoms with Gasteiger partial charge in [-0.1, -0.05) is 13.8 Å². The Balaban J connectivity index is 1.74. The van der Waals surface area contributed by atoms with Gasteiger partial charge in [-0.15, -0.1) is 11.3 Å². The summed E-state index contributed by atoms with van der Waals surface area (Å²) in [6.07, 6.45) is 0.662. The number of carbonyl (C=O) groups is 2. The number of hydrogen-bond acceptors (Lipinski definition) is 6. The molecule has 2 aromatic rings. The molecule has 0 aliphatic carbocycles. The monoisotopic (exact) mass is 436 g/mol. The summed E-state index contributed by atoms with van der Waals surface area (Å²) < 4.78 is 26.9. The molecule has 2 heterocycles. The Morgan fingerprint density at radius 3 is 2.62 bits per heavy atom. The van der Waals surface area contributed by atoms with Gasteiger partial charge in [-0.25, -0.2) is 8.42 Å². The second kappa shape index (κ2) is 8.52. The number of amides is 2. The van der Waals surface area contributed by atoms with E-state index < -0.39 is 15.9 Å². The van der Waals surface area contributed by atoms with E-state index in [4.69, 9.17) is 5.73 Å². The third kappa shape index (κ3) is 4.29. The van der Waals surface area contributed by atoms with Gasteiger partial charge in [0, 0.05) is 25.3 Å². The molecule has 3 N–H and O–H groups in total. The van der Waals surface area contributed by atoms with Crippen LogP contribution in [-0.4, -0.2) is 50.7 Å². The summed E-state index contributed by atoms with van der Waals surface area (Å²) in [5.74, 6) is -0.849. The average Bonchev–Trinajstić information content (AvgIpc) is 3.29. The number of primary amides is 1. The van der Waals surface area contributed by atoms with Crippen molar-refractivity contribution in [3.05, 3.63) is 40.8 Å². The van der Waals surface area contributed by atoms with Crippen molar-refractivity contribution in [2.75, 3.05) is 36.4 Å². The summed E-state index contributed by atoms with van der Waals surface area (Å²) in [6, 6.07) is 6.62. The van der Waals surface area contributed by atoms with E-state index in [0.717, 1.165) is 11.3 Å². The van der Waals surface area contributed by atoms with E-state index in [1.165, 1.54) is 15.6 Å². The Morgan fingerprint density at radius 1 is 1.24 bits per heavy atom. The predicted molar refractivity (Wildman–Crippen MR) is 114 cm³/mol. The van der Waals surface area contributed by atoms with Gasteiger partial charge in [0.2, 0.25) is 15.9 Å². The van der Waals surface area contributed by atoms with Crippen molar-refractivity contribution in [1.29, 1.82) is 0 Å². The first-order valence-electron chi connectivity index (χ1n) is 9.33. The molecule has 0 fully saturated rings. The van der Waals surface area contributed by atoms with Crippen LogP contribution in [0.15, 0.2) is 34.5 Å². The third-order valence-corrected chi connectivity index (χ3v) is 7.78. The molecular weight excluding hydrogens is 412 g/mol. The van der Waals surface area contributed by atoms with Crippen LogP contribution in [0.1, 0.15) is 29.8 Å². The van der Waals surface area contributed by atoms with Crippen molar-refractivity contribution in [3.63, 3.8) is 0 Å². The van der Waals surface area contributed by atoms with Crippen LogP contribution in [-0.2, 0) is 21.2 Å². The Morgan fingerprint density at radius 2 is 1.97 bits per heavy atom. The minimum atomic E-state index is -3.52. The normalized spacial score (nSPS) is 13.6. The first kappa shape index (κ1) is 21.3. The second-order valence-electron chi connectivity index (χ2n) is 6.63. The molecule has 2 amide bonds. The van der Waals surface area contributed by atoms with Crippen LogP contribution in [0.3, 0.4) is 0 Å². The quantitative estimate of drug-likeness (QED) is 0.656. The molecule has 29 heavy (non-hydrogen) atoms. The lowest BCUT2D eigenvalue weighted by atomic mass is 10.2. The molecule has 0 spiro atoms. The number of sulfonamides is 1. The standard InChI is InChI=1S/C19H24N4O4S2/c1-3-23(4-2)29(26,27)14-5-6-16-13(11-14)7-9-22(16)12-17(24)21-19-15(18(20)25)8-10-28-19/h5-6,8,10-11H,3-4,7,9,12H2,1-2H3,(H2,20,25)(H,21,24). The molecule has 0 saturated carbocycles. The van der Waals surface area contributed by atoms with E-state index in [1.807, 2.05) is 18.7 Å². The van der Waals surface area contributed by atoms with E-state index in [-0.39, 0.29) is 22.9 Å². The molecule has 8 nitrogen and oxygen atoms in total. The van der Waals surface area contributed by atoms with Crippen LogP contribution in [0.4, 0.5) is 10.7 Å². The summed E-state index contributed by atoms with van der Waals surface area (Å²) in [6.45, 7) is 5.17. The van der Waals surface area contributed by atoms with Crippen LogP contribution in [0.25, 0.3) is 0 Å². The zero-order valence-corrected chi connectivity index (χ0v) is 18.0. The van der Waals surface area contributed by atoms with Crippen molar-refractivity contribution in [2.24, 2.45) is 5.73 Å². The number of fused-ring (bicyclic) bond motifs is 1. The number of benzene rings is 1. The topological polar surface area (TPSA) is 113 Å². The number of nitrogens with zero attached hydrogens (tertiary/aromatic N) is 2. The zero-order chi connectivity index (χ0) is 21.2. The number of hydrogen-bond donors (Lipinski definition) is 2. The van der Waals surface area contributed by atoms with Gasteiger partial charge in [-0.3, -0.25) is 9.59 Å². The molecule has 1 aromatic carbocycles. The fourth-order valence-electron chi connectivity index (χ4n) is 3.42. The number of thiophene rings is 1. The molecule has 0 atom stereocenters. The second-order valence-corrected chi connectivity index (χ2v) is 9.48. The molecule has 10 heteroatoms. The summed E-state index contributed by atoms with van der Waals surface area (Å²) in [4.78, 5) is 26.0. The fourth-order valence-corrected chi connectivity index (χ4v) is 5.74. The van der Waals surface area contributed by atoms with E-state index in [0.29, 0.717) is 31.1 Å². The molecule has 0 saturated heterocycles. The molecule has 0 unspecified atom stereocenters. The Kier molecular flexibility index (Phi) is 6.25. The number of rotatable bonds is 8. The molecule has 0 bridgehead atoms. The van der Waals surface area contributed by atoms with Gasteiger partial charge in [0.05, 0.1) is 17.0 Å². The highest BCUT2D eigenvalue weighted by molar-refractivity contribution is 7.89. The maximum atomic E-state index is 12.7. The molecular formula is C19H24N4O4S2. The van der Waals surface area contributed by atoms with E-state index in [1.54, 1.807) is 29.6 Å². The van der Waals surface area contributed by atoms with Gasteiger partial charge in [-0.05, 0) is 41.6 Å². The van der Waals surface area contributed by atoms with Crippen molar-refractivity contribution < 1.29 is 18.0 Å². The number of anilines is 2. The molecule has 1 aliphatic rings. The van der Waals surface area contributed by atoms with Crippen LogP contribution in [0.2, 0.25) is 0 Å². The van der Waals surface area contributed by atoms with Gasteiger partial charge >= 0.3 is 0 Å². The lowest BCUT2D eigenvalue weighted by Crippen LogP contribution is -2.32. The van der Waals surface area contributed by atoms with Crippen LogP contribution in [0.5, 0.6) is 0 Å². The first-order chi connectivity index (χ1) is 13.8. The summed E-state index contributed by atoms with van der Waals surface area (Å²) in [5.41, 5.74) is 7.34. The molecule has 0 radical (unpaired) electrons. The van der Waals surface area contributed by atoms with E-state index in [9.17, 15) is 18.0 Å². The number of carbonyl (C=O) groups excluding carboxylic acids is 2. The van der Waals surface area contributed by atoms with Gasteiger partial charge < -0.3 is 16.0 Å². The maximum absolute atomic E-state index is 12.7. The molecule has 1 aromatic heterocycles.